The minimum Gasteiger partial charge on any atom is -0.497 e. The first-order chi connectivity index (χ1) is 8.28. The van der Waals surface area contributed by atoms with Crippen LogP contribution >= 0.6 is 0 Å². The predicted octanol–water partition coefficient (Wildman–Crippen LogP) is 3.32. The Balaban J connectivity index is 1.94. The molecule has 0 spiro atoms. The van der Waals surface area contributed by atoms with Gasteiger partial charge in [0.05, 0.1) is 7.11 Å². The molecule has 2 heteroatoms. The predicted molar refractivity (Wildman–Crippen MR) is 71.3 cm³/mol. The molecular weight excluding hydrogens is 210 g/mol. The van der Waals surface area contributed by atoms with E-state index < -0.39 is 0 Å². The Morgan fingerprint density at radius 3 is 2.71 bits per heavy atom. The first-order valence-corrected chi connectivity index (χ1v) is 6.63. The molecule has 1 aliphatic heterocycles. The van der Waals surface area contributed by atoms with Crippen molar-refractivity contribution in [3.63, 3.8) is 0 Å². The van der Waals surface area contributed by atoms with E-state index in [1.807, 2.05) is 0 Å². The van der Waals surface area contributed by atoms with E-state index in [-0.39, 0.29) is 0 Å². The lowest BCUT2D eigenvalue weighted by Gasteiger charge is -2.22. The molecule has 0 unspecified atom stereocenters. The summed E-state index contributed by atoms with van der Waals surface area (Å²) < 4.78 is 5.18. The zero-order valence-corrected chi connectivity index (χ0v) is 11.0. The Bertz CT molecular complexity index is 333. The summed E-state index contributed by atoms with van der Waals surface area (Å²) in [5, 5.41) is 0. The second kappa shape index (κ2) is 6.06. The van der Waals surface area contributed by atoms with Crippen LogP contribution in [0.2, 0.25) is 0 Å². The maximum atomic E-state index is 5.18. The second-order valence-corrected chi connectivity index (χ2v) is 5.18. The van der Waals surface area contributed by atoms with Gasteiger partial charge in [0.1, 0.15) is 5.75 Å². The SMILES string of the molecule is COc1ccc(CN2CCCC[C@H](C)C2)cc1. The highest BCUT2D eigenvalue weighted by Gasteiger charge is 2.14. The third kappa shape index (κ3) is 3.74. The summed E-state index contributed by atoms with van der Waals surface area (Å²) in [6.45, 7) is 5.93. The van der Waals surface area contributed by atoms with Crippen LogP contribution < -0.4 is 4.74 Å². The molecular formula is C15H23NO. The molecule has 0 amide bonds. The first-order valence-electron chi connectivity index (χ1n) is 6.63. The summed E-state index contributed by atoms with van der Waals surface area (Å²) >= 11 is 0. The molecule has 0 bridgehead atoms. The smallest absolute Gasteiger partial charge is 0.118 e. The molecule has 1 aliphatic rings. The molecule has 2 nitrogen and oxygen atoms in total. The molecule has 0 aromatic heterocycles. The monoisotopic (exact) mass is 233 g/mol. The highest BCUT2D eigenvalue weighted by molar-refractivity contribution is 5.27. The summed E-state index contributed by atoms with van der Waals surface area (Å²) in [5.74, 6) is 1.79. The summed E-state index contributed by atoms with van der Waals surface area (Å²) in [4.78, 5) is 2.58. The highest BCUT2D eigenvalue weighted by Crippen LogP contribution is 2.19. The highest BCUT2D eigenvalue weighted by atomic mass is 16.5. The molecule has 0 saturated carbocycles. The van der Waals surface area contributed by atoms with E-state index in [1.165, 1.54) is 37.9 Å². The third-order valence-electron chi connectivity index (χ3n) is 3.56. The largest absolute Gasteiger partial charge is 0.497 e. The molecule has 1 heterocycles. The van der Waals surface area contributed by atoms with E-state index in [4.69, 9.17) is 4.74 Å². The second-order valence-electron chi connectivity index (χ2n) is 5.18. The summed E-state index contributed by atoms with van der Waals surface area (Å²) in [6.07, 6.45) is 4.12. The van der Waals surface area contributed by atoms with Crippen LogP contribution in [0.25, 0.3) is 0 Å². The van der Waals surface area contributed by atoms with Gasteiger partial charge in [-0.25, -0.2) is 0 Å². The van der Waals surface area contributed by atoms with E-state index in [0.29, 0.717) is 0 Å². The van der Waals surface area contributed by atoms with Crippen LogP contribution in [0.1, 0.15) is 31.7 Å². The summed E-state index contributed by atoms with van der Waals surface area (Å²) in [6, 6.07) is 8.45. The Hall–Kier alpha value is -1.02. The molecule has 1 fully saturated rings. The molecule has 94 valence electrons. The first kappa shape index (κ1) is 12.4. The topological polar surface area (TPSA) is 12.5 Å². The average Bonchev–Trinajstić information content (AvgIpc) is 2.55. The summed E-state index contributed by atoms with van der Waals surface area (Å²) in [7, 11) is 1.71. The average molecular weight is 233 g/mol. The lowest BCUT2D eigenvalue weighted by molar-refractivity contribution is 0.248. The molecule has 0 N–H and O–H groups in total. The van der Waals surface area contributed by atoms with Crippen LogP contribution in [0.4, 0.5) is 0 Å². The molecule has 1 atom stereocenters. The van der Waals surface area contributed by atoms with E-state index in [1.54, 1.807) is 7.11 Å². The van der Waals surface area contributed by atoms with Crippen molar-refractivity contribution in [2.75, 3.05) is 20.2 Å². The summed E-state index contributed by atoms with van der Waals surface area (Å²) in [5.41, 5.74) is 1.39. The van der Waals surface area contributed by atoms with Crippen LogP contribution in [-0.4, -0.2) is 25.1 Å². The van der Waals surface area contributed by atoms with Gasteiger partial charge in [0, 0.05) is 13.1 Å². The Kier molecular flexibility index (Phi) is 4.43. The molecule has 1 aromatic rings. The number of methoxy groups -OCH3 is 1. The molecule has 17 heavy (non-hydrogen) atoms. The van der Waals surface area contributed by atoms with Gasteiger partial charge in [0.2, 0.25) is 0 Å². The molecule has 0 aliphatic carbocycles. The van der Waals surface area contributed by atoms with Crippen molar-refractivity contribution in [3.05, 3.63) is 29.8 Å². The van der Waals surface area contributed by atoms with Gasteiger partial charge in [0.25, 0.3) is 0 Å². The number of hydrogen-bond donors (Lipinski definition) is 0. The van der Waals surface area contributed by atoms with Crippen LogP contribution in [0.5, 0.6) is 5.75 Å². The quantitative estimate of drug-likeness (QED) is 0.794. The van der Waals surface area contributed by atoms with Gasteiger partial charge in [-0.2, -0.15) is 0 Å². The molecule has 2 rings (SSSR count). The Labute approximate surface area is 105 Å². The van der Waals surface area contributed by atoms with Crippen molar-refractivity contribution in [1.82, 2.24) is 4.90 Å². The van der Waals surface area contributed by atoms with Crippen LogP contribution in [0.3, 0.4) is 0 Å². The minimum atomic E-state index is 0.843. The van der Waals surface area contributed by atoms with E-state index >= 15 is 0 Å². The Morgan fingerprint density at radius 2 is 2.00 bits per heavy atom. The number of rotatable bonds is 3. The van der Waals surface area contributed by atoms with Crippen molar-refractivity contribution in [1.29, 1.82) is 0 Å². The maximum Gasteiger partial charge on any atom is 0.118 e. The van der Waals surface area contributed by atoms with Gasteiger partial charge in [-0.3, -0.25) is 4.90 Å². The van der Waals surface area contributed by atoms with Crippen molar-refractivity contribution in [3.8, 4) is 5.75 Å². The normalized spacial score (nSPS) is 22.1. The van der Waals surface area contributed by atoms with E-state index in [9.17, 15) is 0 Å². The van der Waals surface area contributed by atoms with E-state index in [0.717, 1.165) is 18.2 Å². The third-order valence-corrected chi connectivity index (χ3v) is 3.56. The zero-order chi connectivity index (χ0) is 12.1. The number of likely N-dealkylation sites (tertiary alicyclic amines) is 1. The van der Waals surface area contributed by atoms with Gasteiger partial charge in [-0.15, -0.1) is 0 Å². The number of ether oxygens (including phenoxy) is 1. The van der Waals surface area contributed by atoms with Crippen molar-refractivity contribution >= 4 is 0 Å². The fourth-order valence-corrected chi connectivity index (χ4v) is 2.58. The minimum absolute atomic E-state index is 0.843. The van der Waals surface area contributed by atoms with Gasteiger partial charge >= 0.3 is 0 Å². The van der Waals surface area contributed by atoms with Gasteiger partial charge in [-0.05, 0) is 43.0 Å². The van der Waals surface area contributed by atoms with Crippen LogP contribution in [-0.2, 0) is 6.54 Å². The van der Waals surface area contributed by atoms with E-state index in [2.05, 4.69) is 36.1 Å². The number of benzene rings is 1. The van der Waals surface area contributed by atoms with Gasteiger partial charge in [-0.1, -0.05) is 25.5 Å². The fraction of sp³-hybridized carbons (Fsp3) is 0.600. The fourth-order valence-electron chi connectivity index (χ4n) is 2.58. The van der Waals surface area contributed by atoms with Crippen LogP contribution in [0.15, 0.2) is 24.3 Å². The van der Waals surface area contributed by atoms with Gasteiger partial charge < -0.3 is 4.74 Å². The maximum absolute atomic E-state index is 5.18. The van der Waals surface area contributed by atoms with Crippen LogP contribution in [0, 0.1) is 5.92 Å². The van der Waals surface area contributed by atoms with Crippen molar-refractivity contribution in [2.24, 2.45) is 5.92 Å². The Morgan fingerprint density at radius 1 is 1.24 bits per heavy atom. The van der Waals surface area contributed by atoms with Gasteiger partial charge in [0.15, 0.2) is 0 Å². The molecule has 1 aromatic carbocycles. The molecule has 1 saturated heterocycles. The molecule has 0 radical (unpaired) electrons. The van der Waals surface area contributed by atoms with Crippen molar-refractivity contribution in [2.45, 2.75) is 32.7 Å². The number of nitrogens with zero attached hydrogens (tertiary/aromatic N) is 1. The standard InChI is InChI=1S/C15H23NO/c1-13-5-3-4-10-16(11-13)12-14-6-8-15(17-2)9-7-14/h6-9,13H,3-5,10-12H2,1-2H3/t13-/m0/s1. The lowest BCUT2D eigenvalue weighted by atomic mass is 10.1. The number of hydrogen-bond acceptors (Lipinski definition) is 2. The zero-order valence-electron chi connectivity index (χ0n) is 11.0. The lowest BCUT2D eigenvalue weighted by Crippen LogP contribution is -2.27. The van der Waals surface area contributed by atoms with Crippen molar-refractivity contribution < 1.29 is 4.74 Å².